The van der Waals surface area contributed by atoms with Crippen LogP contribution in [-0.4, -0.2) is 25.9 Å². The maximum atomic E-state index is 5.72. The summed E-state index contributed by atoms with van der Waals surface area (Å²) in [4.78, 5) is 4.00. The van der Waals surface area contributed by atoms with Crippen molar-refractivity contribution >= 4 is 0 Å². The third-order valence-electron chi connectivity index (χ3n) is 2.22. The smallest absolute Gasteiger partial charge is 0.0952 e. The van der Waals surface area contributed by atoms with Crippen molar-refractivity contribution in [1.82, 2.24) is 19.3 Å². The van der Waals surface area contributed by atoms with E-state index in [4.69, 9.17) is 5.73 Å². The standard InChI is InChI=1S/C9H13N5/c1-13-6-8(5-12-13)9(4-10)14-3-2-11-7-14/h2-3,5-7,9H,4,10H2,1H3. The molecule has 74 valence electrons. The summed E-state index contributed by atoms with van der Waals surface area (Å²) in [6, 6.07) is 0.131. The Kier molecular flexibility index (Phi) is 2.32. The SMILES string of the molecule is Cn1cc(C(CN)n2ccnc2)cn1. The Balaban J connectivity index is 2.31. The predicted octanol–water partition coefficient (Wildman–Crippen LogP) is 0.165. The van der Waals surface area contributed by atoms with Gasteiger partial charge in [-0.05, 0) is 0 Å². The lowest BCUT2D eigenvalue weighted by atomic mass is 10.1. The van der Waals surface area contributed by atoms with Crippen LogP contribution >= 0.6 is 0 Å². The Morgan fingerprint density at radius 3 is 2.93 bits per heavy atom. The van der Waals surface area contributed by atoms with Crippen LogP contribution in [0.2, 0.25) is 0 Å². The summed E-state index contributed by atoms with van der Waals surface area (Å²) in [5.41, 5.74) is 6.82. The van der Waals surface area contributed by atoms with E-state index in [1.54, 1.807) is 17.2 Å². The summed E-state index contributed by atoms with van der Waals surface area (Å²) in [5.74, 6) is 0. The van der Waals surface area contributed by atoms with Crippen LogP contribution in [0.15, 0.2) is 31.1 Å². The average Bonchev–Trinajstić information content (AvgIpc) is 2.79. The van der Waals surface area contributed by atoms with Crippen LogP contribution in [0.1, 0.15) is 11.6 Å². The fourth-order valence-corrected chi connectivity index (χ4v) is 1.50. The second kappa shape index (κ2) is 3.63. The van der Waals surface area contributed by atoms with E-state index in [1.165, 1.54) is 0 Å². The van der Waals surface area contributed by atoms with Gasteiger partial charge in [0.15, 0.2) is 0 Å². The molecule has 2 aromatic rings. The molecule has 0 aliphatic rings. The van der Waals surface area contributed by atoms with Crippen LogP contribution in [-0.2, 0) is 7.05 Å². The van der Waals surface area contributed by atoms with Crippen molar-refractivity contribution < 1.29 is 0 Å². The molecular formula is C9H13N5. The highest BCUT2D eigenvalue weighted by Gasteiger charge is 2.12. The summed E-state index contributed by atoms with van der Waals surface area (Å²) in [5, 5.41) is 4.12. The van der Waals surface area contributed by atoms with E-state index in [-0.39, 0.29) is 6.04 Å². The zero-order valence-electron chi connectivity index (χ0n) is 8.04. The Hall–Kier alpha value is -1.62. The molecule has 0 fully saturated rings. The van der Waals surface area contributed by atoms with Crippen molar-refractivity contribution in [2.24, 2.45) is 12.8 Å². The van der Waals surface area contributed by atoms with Gasteiger partial charge in [0.25, 0.3) is 0 Å². The molecule has 0 amide bonds. The van der Waals surface area contributed by atoms with Crippen molar-refractivity contribution in [3.05, 3.63) is 36.7 Å². The number of nitrogens with two attached hydrogens (primary N) is 1. The summed E-state index contributed by atoms with van der Waals surface area (Å²) < 4.78 is 3.76. The van der Waals surface area contributed by atoms with Crippen molar-refractivity contribution in [1.29, 1.82) is 0 Å². The molecule has 1 unspecified atom stereocenters. The monoisotopic (exact) mass is 191 g/mol. The molecule has 1 atom stereocenters. The number of aryl methyl sites for hydroxylation is 1. The van der Waals surface area contributed by atoms with Crippen LogP contribution in [0, 0.1) is 0 Å². The van der Waals surface area contributed by atoms with Crippen molar-refractivity contribution in [3.8, 4) is 0 Å². The molecule has 0 spiro atoms. The first-order valence-electron chi connectivity index (χ1n) is 4.47. The minimum atomic E-state index is 0.131. The molecule has 0 saturated carbocycles. The molecule has 2 heterocycles. The first kappa shape index (κ1) is 8.96. The first-order chi connectivity index (χ1) is 6.81. The van der Waals surface area contributed by atoms with Gasteiger partial charge in [-0.15, -0.1) is 0 Å². The lowest BCUT2D eigenvalue weighted by Crippen LogP contribution is -2.18. The third kappa shape index (κ3) is 1.54. The van der Waals surface area contributed by atoms with E-state index >= 15 is 0 Å². The van der Waals surface area contributed by atoms with Crippen LogP contribution < -0.4 is 5.73 Å². The summed E-state index contributed by atoms with van der Waals surface area (Å²) in [6.07, 6.45) is 9.23. The van der Waals surface area contributed by atoms with Gasteiger partial charge in [-0.25, -0.2) is 4.98 Å². The van der Waals surface area contributed by atoms with E-state index in [1.807, 2.05) is 30.2 Å². The number of imidazole rings is 1. The average molecular weight is 191 g/mol. The van der Waals surface area contributed by atoms with E-state index in [0.717, 1.165) is 5.56 Å². The molecule has 0 aromatic carbocycles. The number of hydrogen-bond acceptors (Lipinski definition) is 3. The van der Waals surface area contributed by atoms with Crippen LogP contribution in [0.3, 0.4) is 0 Å². The van der Waals surface area contributed by atoms with Crippen molar-refractivity contribution in [2.75, 3.05) is 6.54 Å². The van der Waals surface area contributed by atoms with Crippen LogP contribution in [0.4, 0.5) is 0 Å². The molecule has 2 N–H and O–H groups in total. The second-order valence-corrected chi connectivity index (χ2v) is 3.21. The Bertz CT molecular complexity index is 389. The topological polar surface area (TPSA) is 61.7 Å². The van der Waals surface area contributed by atoms with E-state index in [9.17, 15) is 0 Å². The van der Waals surface area contributed by atoms with E-state index < -0.39 is 0 Å². The zero-order chi connectivity index (χ0) is 9.97. The van der Waals surface area contributed by atoms with Gasteiger partial charge in [-0.3, -0.25) is 4.68 Å². The largest absolute Gasteiger partial charge is 0.329 e. The van der Waals surface area contributed by atoms with Gasteiger partial charge in [-0.1, -0.05) is 0 Å². The normalized spacial score (nSPS) is 13.0. The summed E-state index contributed by atoms with van der Waals surface area (Å²) in [7, 11) is 1.89. The minimum Gasteiger partial charge on any atom is -0.329 e. The van der Waals surface area contributed by atoms with Gasteiger partial charge < -0.3 is 10.3 Å². The van der Waals surface area contributed by atoms with Gasteiger partial charge in [0.05, 0.1) is 18.6 Å². The van der Waals surface area contributed by atoms with Gasteiger partial charge >= 0.3 is 0 Å². The maximum Gasteiger partial charge on any atom is 0.0952 e. The number of nitrogens with zero attached hydrogens (tertiary/aromatic N) is 4. The van der Waals surface area contributed by atoms with Crippen LogP contribution in [0.5, 0.6) is 0 Å². The third-order valence-corrected chi connectivity index (χ3v) is 2.22. The van der Waals surface area contributed by atoms with Gasteiger partial charge in [-0.2, -0.15) is 5.10 Å². The Morgan fingerprint density at radius 1 is 1.57 bits per heavy atom. The highest BCUT2D eigenvalue weighted by Crippen LogP contribution is 2.15. The number of aromatic nitrogens is 4. The van der Waals surface area contributed by atoms with Gasteiger partial charge in [0, 0.05) is 37.7 Å². The molecule has 0 radical (unpaired) electrons. The Labute approximate surface area is 82.2 Å². The molecule has 5 nitrogen and oxygen atoms in total. The quantitative estimate of drug-likeness (QED) is 0.752. The lowest BCUT2D eigenvalue weighted by molar-refractivity contribution is 0.593. The number of hydrogen-bond donors (Lipinski definition) is 1. The summed E-state index contributed by atoms with van der Waals surface area (Å²) in [6.45, 7) is 0.544. The molecule has 0 bridgehead atoms. The molecule has 2 aromatic heterocycles. The maximum absolute atomic E-state index is 5.72. The molecule has 5 heteroatoms. The van der Waals surface area contributed by atoms with Crippen molar-refractivity contribution in [2.45, 2.75) is 6.04 Å². The zero-order valence-corrected chi connectivity index (χ0v) is 8.04. The summed E-state index contributed by atoms with van der Waals surface area (Å²) >= 11 is 0. The minimum absolute atomic E-state index is 0.131. The van der Waals surface area contributed by atoms with Crippen LogP contribution in [0.25, 0.3) is 0 Å². The highest BCUT2D eigenvalue weighted by atomic mass is 15.2. The fraction of sp³-hybridized carbons (Fsp3) is 0.333. The predicted molar refractivity (Wildman–Crippen MR) is 52.6 cm³/mol. The second-order valence-electron chi connectivity index (χ2n) is 3.21. The van der Waals surface area contributed by atoms with E-state index in [0.29, 0.717) is 6.54 Å². The molecule has 0 aliphatic heterocycles. The van der Waals surface area contributed by atoms with Gasteiger partial charge in [0.1, 0.15) is 0 Å². The molecule has 0 saturated heterocycles. The van der Waals surface area contributed by atoms with E-state index in [2.05, 4.69) is 10.1 Å². The molecule has 14 heavy (non-hydrogen) atoms. The van der Waals surface area contributed by atoms with Crippen molar-refractivity contribution in [3.63, 3.8) is 0 Å². The van der Waals surface area contributed by atoms with Gasteiger partial charge in [0.2, 0.25) is 0 Å². The molecule has 0 aliphatic carbocycles. The lowest BCUT2D eigenvalue weighted by Gasteiger charge is -2.13. The molecule has 2 rings (SSSR count). The first-order valence-corrected chi connectivity index (χ1v) is 4.47. The Morgan fingerprint density at radius 2 is 2.43 bits per heavy atom. The fourth-order valence-electron chi connectivity index (χ4n) is 1.50. The molecular weight excluding hydrogens is 178 g/mol. The highest BCUT2D eigenvalue weighted by molar-refractivity contribution is 5.12. The number of rotatable bonds is 3.